The van der Waals surface area contributed by atoms with Crippen LogP contribution in [0.5, 0.6) is 5.75 Å². The minimum atomic E-state index is -4.83. The number of rotatable bonds is 3. The van der Waals surface area contributed by atoms with E-state index in [2.05, 4.69) is 9.72 Å². The maximum atomic E-state index is 12.3. The van der Waals surface area contributed by atoms with Gasteiger partial charge in [0, 0.05) is 11.8 Å². The molecule has 1 heterocycles. The molecule has 2 rings (SSSR count). The zero-order valence-corrected chi connectivity index (χ0v) is 10.7. The fraction of sp³-hybridized carbons (Fsp3) is 0.154. The van der Waals surface area contributed by atoms with E-state index in [1.165, 1.54) is 36.5 Å². The lowest BCUT2D eigenvalue weighted by Gasteiger charge is -2.17. The third-order valence-electron chi connectivity index (χ3n) is 2.51. The highest BCUT2D eigenvalue weighted by molar-refractivity contribution is 6.29. The number of para-hydroxylation sites is 1. The number of aliphatic hydroxyl groups excluding tert-OH is 1. The van der Waals surface area contributed by atoms with Gasteiger partial charge in [0.2, 0.25) is 0 Å². The van der Waals surface area contributed by atoms with Crippen LogP contribution in [-0.4, -0.2) is 16.5 Å². The Hall–Kier alpha value is -1.79. The van der Waals surface area contributed by atoms with Crippen molar-refractivity contribution in [2.45, 2.75) is 12.5 Å². The molecule has 0 radical (unpaired) electrons. The number of halogens is 4. The molecule has 1 N–H and O–H groups in total. The molecular weight excluding hydrogens is 295 g/mol. The molecule has 0 aliphatic rings. The molecule has 2 aromatic rings. The Balaban J connectivity index is 2.37. The predicted molar refractivity (Wildman–Crippen MR) is 66.4 cm³/mol. The second kappa shape index (κ2) is 5.68. The van der Waals surface area contributed by atoms with Crippen LogP contribution >= 0.6 is 11.6 Å². The summed E-state index contributed by atoms with van der Waals surface area (Å²) in [6.07, 6.45) is -4.77. The van der Waals surface area contributed by atoms with Crippen LogP contribution < -0.4 is 4.74 Å². The Kier molecular flexibility index (Phi) is 4.15. The van der Waals surface area contributed by atoms with Crippen molar-refractivity contribution in [1.82, 2.24) is 4.98 Å². The molecule has 1 unspecified atom stereocenters. The van der Waals surface area contributed by atoms with Crippen molar-refractivity contribution in [2.24, 2.45) is 0 Å². The molecule has 0 amide bonds. The lowest BCUT2D eigenvalue weighted by Crippen LogP contribution is -2.18. The number of benzene rings is 1. The molecule has 1 atom stereocenters. The lowest BCUT2D eigenvalue weighted by molar-refractivity contribution is -0.275. The van der Waals surface area contributed by atoms with Gasteiger partial charge in [0.05, 0.1) is 0 Å². The topological polar surface area (TPSA) is 42.4 Å². The monoisotopic (exact) mass is 303 g/mol. The van der Waals surface area contributed by atoms with Gasteiger partial charge in [-0.3, -0.25) is 0 Å². The zero-order valence-electron chi connectivity index (χ0n) is 9.93. The molecule has 0 aliphatic heterocycles. The van der Waals surface area contributed by atoms with Crippen LogP contribution in [0.25, 0.3) is 0 Å². The average molecular weight is 304 g/mol. The molecule has 1 aromatic carbocycles. The van der Waals surface area contributed by atoms with E-state index < -0.39 is 18.2 Å². The molecule has 0 aliphatic carbocycles. The van der Waals surface area contributed by atoms with Gasteiger partial charge in [0.25, 0.3) is 0 Å². The highest BCUT2D eigenvalue weighted by atomic mass is 35.5. The van der Waals surface area contributed by atoms with E-state index in [1.807, 2.05) is 0 Å². The average Bonchev–Trinajstić information content (AvgIpc) is 2.37. The van der Waals surface area contributed by atoms with Crippen molar-refractivity contribution >= 4 is 11.6 Å². The number of hydrogen-bond acceptors (Lipinski definition) is 3. The van der Waals surface area contributed by atoms with E-state index in [9.17, 15) is 18.3 Å². The van der Waals surface area contributed by atoms with Gasteiger partial charge in [0.15, 0.2) is 0 Å². The summed E-state index contributed by atoms with van der Waals surface area (Å²) in [6.45, 7) is 0. The molecule has 0 fully saturated rings. The van der Waals surface area contributed by atoms with Gasteiger partial charge in [-0.2, -0.15) is 0 Å². The fourth-order valence-corrected chi connectivity index (χ4v) is 1.87. The first-order valence-electron chi connectivity index (χ1n) is 5.51. The number of ether oxygens (including phenoxy) is 1. The van der Waals surface area contributed by atoms with Crippen molar-refractivity contribution in [1.29, 1.82) is 0 Å². The van der Waals surface area contributed by atoms with E-state index in [0.29, 0.717) is 5.56 Å². The third-order valence-corrected chi connectivity index (χ3v) is 2.71. The lowest BCUT2D eigenvalue weighted by atomic mass is 10.0. The quantitative estimate of drug-likeness (QED) is 0.879. The molecular formula is C13H9ClF3NO2. The molecule has 0 saturated heterocycles. The third kappa shape index (κ3) is 3.61. The van der Waals surface area contributed by atoms with Gasteiger partial charge >= 0.3 is 6.36 Å². The molecule has 3 nitrogen and oxygen atoms in total. The summed E-state index contributed by atoms with van der Waals surface area (Å²) in [4.78, 5) is 3.74. The first-order chi connectivity index (χ1) is 9.37. The van der Waals surface area contributed by atoms with Crippen LogP contribution in [-0.2, 0) is 0 Å². The SMILES string of the molecule is OC(c1ccnc(Cl)c1)c1ccccc1OC(F)(F)F. The second-order valence-electron chi connectivity index (χ2n) is 3.90. The van der Waals surface area contributed by atoms with Crippen LogP contribution in [0.1, 0.15) is 17.2 Å². The Bertz CT molecular complexity index is 604. The van der Waals surface area contributed by atoms with Crippen molar-refractivity contribution in [3.63, 3.8) is 0 Å². The van der Waals surface area contributed by atoms with Gasteiger partial charge in [-0.1, -0.05) is 29.8 Å². The molecule has 106 valence electrons. The van der Waals surface area contributed by atoms with Crippen LogP contribution in [0.2, 0.25) is 5.15 Å². The Morgan fingerprint density at radius 1 is 1.20 bits per heavy atom. The van der Waals surface area contributed by atoms with Crippen molar-refractivity contribution in [2.75, 3.05) is 0 Å². The minimum Gasteiger partial charge on any atom is -0.405 e. The fourth-order valence-electron chi connectivity index (χ4n) is 1.69. The van der Waals surface area contributed by atoms with Gasteiger partial charge in [-0.05, 0) is 23.8 Å². The number of aromatic nitrogens is 1. The standard InChI is InChI=1S/C13H9ClF3NO2/c14-11-7-8(5-6-18-11)12(19)9-3-1-2-4-10(9)20-13(15,16)17/h1-7,12,19H. The summed E-state index contributed by atoms with van der Waals surface area (Å²) in [7, 11) is 0. The van der Waals surface area contributed by atoms with E-state index in [4.69, 9.17) is 11.6 Å². The smallest absolute Gasteiger partial charge is 0.405 e. The number of hydrogen-bond donors (Lipinski definition) is 1. The van der Waals surface area contributed by atoms with E-state index in [0.717, 1.165) is 6.07 Å². The maximum Gasteiger partial charge on any atom is 0.573 e. The number of aliphatic hydroxyl groups is 1. The Morgan fingerprint density at radius 2 is 1.90 bits per heavy atom. The number of pyridine rings is 1. The molecule has 20 heavy (non-hydrogen) atoms. The largest absolute Gasteiger partial charge is 0.573 e. The summed E-state index contributed by atoms with van der Waals surface area (Å²) in [5, 5.41) is 10.3. The molecule has 0 bridgehead atoms. The number of alkyl halides is 3. The van der Waals surface area contributed by atoms with Crippen LogP contribution in [0.3, 0.4) is 0 Å². The summed E-state index contributed by atoms with van der Waals surface area (Å²) >= 11 is 5.69. The van der Waals surface area contributed by atoms with Crippen LogP contribution in [0.15, 0.2) is 42.6 Å². The van der Waals surface area contributed by atoms with E-state index in [-0.39, 0.29) is 10.7 Å². The molecule has 7 heteroatoms. The van der Waals surface area contributed by atoms with E-state index in [1.54, 1.807) is 0 Å². The Morgan fingerprint density at radius 3 is 2.55 bits per heavy atom. The highest BCUT2D eigenvalue weighted by Crippen LogP contribution is 2.33. The van der Waals surface area contributed by atoms with Gasteiger partial charge in [-0.25, -0.2) is 4.98 Å². The molecule has 1 aromatic heterocycles. The first-order valence-corrected chi connectivity index (χ1v) is 5.89. The highest BCUT2D eigenvalue weighted by Gasteiger charge is 2.32. The van der Waals surface area contributed by atoms with Crippen molar-refractivity contribution in [3.05, 3.63) is 58.9 Å². The van der Waals surface area contributed by atoms with Crippen molar-refractivity contribution < 1.29 is 23.0 Å². The molecule has 0 saturated carbocycles. The predicted octanol–water partition coefficient (Wildman–Crippen LogP) is 3.72. The first kappa shape index (κ1) is 14.6. The summed E-state index contributed by atoms with van der Waals surface area (Å²) in [5.74, 6) is -0.458. The van der Waals surface area contributed by atoms with Gasteiger partial charge < -0.3 is 9.84 Å². The number of nitrogens with zero attached hydrogens (tertiary/aromatic N) is 1. The maximum absolute atomic E-state index is 12.3. The van der Waals surface area contributed by atoms with E-state index >= 15 is 0 Å². The van der Waals surface area contributed by atoms with Crippen molar-refractivity contribution in [3.8, 4) is 5.75 Å². The minimum absolute atomic E-state index is 0.00732. The Labute approximate surface area is 117 Å². The summed E-state index contributed by atoms with van der Waals surface area (Å²) in [6, 6.07) is 8.20. The molecule has 0 spiro atoms. The zero-order chi connectivity index (χ0) is 14.8. The summed E-state index contributed by atoms with van der Waals surface area (Å²) in [5.41, 5.74) is 0.315. The van der Waals surface area contributed by atoms with Crippen LogP contribution in [0, 0.1) is 0 Å². The summed E-state index contributed by atoms with van der Waals surface area (Å²) < 4.78 is 40.8. The van der Waals surface area contributed by atoms with Crippen LogP contribution in [0.4, 0.5) is 13.2 Å². The van der Waals surface area contributed by atoms with Gasteiger partial charge in [-0.15, -0.1) is 13.2 Å². The normalized spacial score (nSPS) is 13.1. The second-order valence-corrected chi connectivity index (χ2v) is 4.29. The van der Waals surface area contributed by atoms with Gasteiger partial charge in [0.1, 0.15) is 17.0 Å².